The van der Waals surface area contributed by atoms with Gasteiger partial charge >= 0.3 is 0 Å². The van der Waals surface area contributed by atoms with Crippen LogP contribution in [0.15, 0.2) is 84.9 Å². The molecular weight excluding hydrogens is 348 g/mol. The summed E-state index contributed by atoms with van der Waals surface area (Å²) >= 11 is 0. The zero-order valence-electron chi connectivity index (χ0n) is 16.4. The quantitative estimate of drug-likeness (QED) is 0.636. The molecule has 144 valence electrons. The number of nitrogens with one attached hydrogen (secondary N) is 2. The minimum atomic E-state index is -0.123. The Kier molecular flexibility index (Phi) is 6.82. The van der Waals surface area contributed by atoms with E-state index in [0.717, 1.165) is 23.2 Å². The molecule has 0 radical (unpaired) electrons. The van der Waals surface area contributed by atoms with Gasteiger partial charge in [0.25, 0.3) is 5.91 Å². The van der Waals surface area contributed by atoms with E-state index < -0.39 is 0 Å². The smallest absolute Gasteiger partial charge is 0.258 e. The Morgan fingerprint density at radius 1 is 0.857 bits per heavy atom. The van der Waals surface area contributed by atoms with Gasteiger partial charge in [-0.1, -0.05) is 72.8 Å². The van der Waals surface area contributed by atoms with Crippen LogP contribution in [0.1, 0.15) is 11.6 Å². The third-order valence-electron chi connectivity index (χ3n) is 4.48. The summed E-state index contributed by atoms with van der Waals surface area (Å²) < 4.78 is 5.68. The molecule has 28 heavy (non-hydrogen) atoms. The van der Waals surface area contributed by atoms with Crippen LogP contribution in [0.4, 0.5) is 0 Å². The Morgan fingerprint density at radius 3 is 2.04 bits per heavy atom. The van der Waals surface area contributed by atoms with Crippen molar-refractivity contribution in [1.29, 1.82) is 0 Å². The number of hydrogen-bond acceptors (Lipinski definition) is 2. The highest BCUT2D eigenvalue weighted by Gasteiger charge is 2.17. The minimum Gasteiger partial charge on any atom is -0.484 e. The zero-order valence-corrected chi connectivity index (χ0v) is 16.4. The molecule has 0 heterocycles. The number of hydrogen-bond donors (Lipinski definition) is 2. The van der Waals surface area contributed by atoms with Crippen LogP contribution in [0, 0.1) is 0 Å². The van der Waals surface area contributed by atoms with Crippen LogP contribution in [-0.2, 0) is 4.79 Å². The van der Waals surface area contributed by atoms with E-state index in [1.54, 1.807) is 0 Å². The highest BCUT2D eigenvalue weighted by Crippen LogP contribution is 2.22. The molecule has 0 saturated heterocycles. The predicted octanol–water partition coefficient (Wildman–Crippen LogP) is 2.73. The predicted molar refractivity (Wildman–Crippen MR) is 112 cm³/mol. The maximum absolute atomic E-state index is 12.4. The number of ether oxygens (including phenoxy) is 1. The second kappa shape index (κ2) is 9.72. The molecule has 2 N–H and O–H groups in total. The Labute approximate surface area is 166 Å². The number of rotatable bonds is 8. The molecule has 0 aliphatic rings. The van der Waals surface area contributed by atoms with Gasteiger partial charge in [0.05, 0.1) is 14.1 Å². The van der Waals surface area contributed by atoms with E-state index in [9.17, 15) is 4.79 Å². The van der Waals surface area contributed by atoms with E-state index >= 15 is 0 Å². The summed E-state index contributed by atoms with van der Waals surface area (Å²) in [6, 6.07) is 28.0. The van der Waals surface area contributed by atoms with Crippen molar-refractivity contribution >= 4 is 5.91 Å². The third kappa shape index (κ3) is 5.69. The molecular formula is C24H27N2O2+. The van der Waals surface area contributed by atoms with Gasteiger partial charge < -0.3 is 15.0 Å². The molecule has 0 fully saturated rings. The van der Waals surface area contributed by atoms with Gasteiger partial charge in [-0.3, -0.25) is 4.79 Å². The van der Waals surface area contributed by atoms with E-state index in [0.29, 0.717) is 5.75 Å². The Balaban J connectivity index is 1.57. The molecule has 0 spiro atoms. The first-order chi connectivity index (χ1) is 13.6. The lowest BCUT2D eigenvalue weighted by Crippen LogP contribution is -3.06. The second-order valence-corrected chi connectivity index (χ2v) is 7.12. The fourth-order valence-electron chi connectivity index (χ4n) is 3.10. The van der Waals surface area contributed by atoms with Gasteiger partial charge in [-0.25, -0.2) is 0 Å². The molecule has 4 heteroatoms. The number of carbonyl (C=O) groups is 1. The summed E-state index contributed by atoms with van der Waals surface area (Å²) in [4.78, 5) is 13.7. The van der Waals surface area contributed by atoms with Crippen molar-refractivity contribution < 1.29 is 14.4 Å². The maximum atomic E-state index is 12.4. The van der Waals surface area contributed by atoms with Gasteiger partial charge in [0.2, 0.25) is 0 Å². The summed E-state index contributed by atoms with van der Waals surface area (Å²) in [7, 11) is 4.15. The number of quaternary nitrogens is 1. The number of benzene rings is 3. The van der Waals surface area contributed by atoms with Crippen molar-refractivity contribution in [3.8, 4) is 16.9 Å². The fraction of sp³-hybridized carbons (Fsp3) is 0.208. The van der Waals surface area contributed by atoms with E-state index in [1.165, 1.54) is 4.90 Å². The van der Waals surface area contributed by atoms with Gasteiger partial charge in [-0.2, -0.15) is 0 Å². The highest BCUT2D eigenvalue weighted by molar-refractivity contribution is 5.78. The van der Waals surface area contributed by atoms with Crippen LogP contribution in [0.5, 0.6) is 5.75 Å². The molecule has 0 unspecified atom stereocenters. The molecule has 3 aromatic rings. The first kappa shape index (κ1) is 19.6. The first-order valence-corrected chi connectivity index (χ1v) is 9.53. The normalized spacial score (nSPS) is 11.8. The minimum absolute atomic E-state index is 0.00320. The van der Waals surface area contributed by atoms with Gasteiger partial charge in [0.1, 0.15) is 18.3 Å². The van der Waals surface area contributed by atoms with Crippen LogP contribution >= 0.6 is 0 Å². The van der Waals surface area contributed by atoms with Gasteiger partial charge in [-0.15, -0.1) is 0 Å². The topological polar surface area (TPSA) is 42.8 Å². The van der Waals surface area contributed by atoms with Crippen LogP contribution in [0.3, 0.4) is 0 Å². The van der Waals surface area contributed by atoms with E-state index in [2.05, 4.69) is 31.5 Å². The van der Waals surface area contributed by atoms with Gasteiger partial charge in [0.15, 0.2) is 6.61 Å². The molecule has 0 aliphatic heterocycles. The van der Waals surface area contributed by atoms with Crippen molar-refractivity contribution in [2.45, 2.75) is 6.04 Å². The molecule has 0 aromatic heterocycles. The molecule has 3 aromatic carbocycles. The van der Waals surface area contributed by atoms with Crippen LogP contribution in [0.2, 0.25) is 0 Å². The molecule has 3 rings (SSSR count). The molecule has 1 amide bonds. The summed E-state index contributed by atoms with van der Waals surface area (Å²) in [5.41, 5.74) is 3.38. The molecule has 0 saturated carbocycles. The van der Waals surface area contributed by atoms with E-state index in [1.807, 2.05) is 72.8 Å². The van der Waals surface area contributed by atoms with E-state index in [4.69, 9.17) is 4.74 Å². The monoisotopic (exact) mass is 375 g/mol. The number of amides is 1. The Morgan fingerprint density at radius 2 is 1.43 bits per heavy atom. The average Bonchev–Trinajstić information content (AvgIpc) is 2.73. The summed E-state index contributed by atoms with van der Waals surface area (Å²) in [6.07, 6.45) is 0. The van der Waals surface area contributed by atoms with Crippen LogP contribution in [-0.4, -0.2) is 33.2 Å². The van der Waals surface area contributed by atoms with Gasteiger partial charge in [0, 0.05) is 0 Å². The highest BCUT2D eigenvalue weighted by atomic mass is 16.5. The Bertz CT molecular complexity index is 862. The summed E-state index contributed by atoms with van der Waals surface area (Å²) in [5, 5.41) is 3.09. The zero-order chi connectivity index (χ0) is 19.8. The standard InChI is InChI=1S/C24H26N2O2/c1-26(2)17-23(21-11-7-4-8-12-21)25-24(27)18-28-22-15-13-20(14-16-22)19-9-5-3-6-10-19/h3-16,23H,17-18H2,1-2H3,(H,25,27)/p+1/t23-/m1/s1. The van der Waals surface area contributed by atoms with Crippen LogP contribution in [0.25, 0.3) is 11.1 Å². The fourth-order valence-corrected chi connectivity index (χ4v) is 3.10. The first-order valence-electron chi connectivity index (χ1n) is 9.53. The maximum Gasteiger partial charge on any atom is 0.258 e. The molecule has 0 bridgehead atoms. The molecule has 1 atom stereocenters. The Hall–Kier alpha value is -3.11. The summed E-state index contributed by atoms with van der Waals surface area (Å²) in [6.45, 7) is 0.804. The van der Waals surface area contributed by atoms with Crippen molar-refractivity contribution in [3.05, 3.63) is 90.5 Å². The lowest BCUT2D eigenvalue weighted by Gasteiger charge is -2.21. The number of carbonyl (C=O) groups excluding carboxylic acids is 1. The van der Waals surface area contributed by atoms with Gasteiger partial charge in [-0.05, 0) is 28.8 Å². The molecule has 0 aliphatic carbocycles. The van der Waals surface area contributed by atoms with Crippen LogP contribution < -0.4 is 15.0 Å². The second-order valence-electron chi connectivity index (χ2n) is 7.12. The van der Waals surface area contributed by atoms with Crippen molar-refractivity contribution in [2.75, 3.05) is 27.2 Å². The molecule has 4 nitrogen and oxygen atoms in total. The largest absolute Gasteiger partial charge is 0.484 e. The SMILES string of the molecule is C[NH+](C)C[C@@H](NC(=O)COc1ccc(-c2ccccc2)cc1)c1ccccc1. The average molecular weight is 375 g/mol. The lowest BCUT2D eigenvalue weighted by atomic mass is 10.1. The number of likely N-dealkylation sites (N-methyl/N-ethyl adjacent to an activating group) is 1. The van der Waals surface area contributed by atoms with E-state index in [-0.39, 0.29) is 18.6 Å². The van der Waals surface area contributed by atoms with Crippen molar-refractivity contribution in [2.24, 2.45) is 0 Å². The van der Waals surface area contributed by atoms with Crippen molar-refractivity contribution in [3.63, 3.8) is 0 Å². The lowest BCUT2D eigenvalue weighted by molar-refractivity contribution is -0.860. The van der Waals surface area contributed by atoms with Crippen molar-refractivity contribution in [1.82, 2.24) is 5.32 Å². The third-order valence-corrected chi connectivity index (χ3v) is 4.48. The summed E-state index contributed by atoms with van der Waals surface area (Å²) in [5.74, 6) is 0.562.